The summed E-state index contributed by atoms with van der Waals surface area (Å²) < 4.78 is 5.19. The van der Waals surface area contributed by atoms with E-state index in [4.69, 9.17) is 4.74 Å². The molecule has 0 aromatic heterocycles. The molecule has 0 aliphatic carbocycles. The zero-order chi connectivity index (χ0) is 21.8. The number of amides is 2. The van der Waals surface area contributed by atoms with Gasteiger partial charge in [-0.15, -0.1) is 0 Å². The second kappa shape index (κ2) is 9.52. The highest BCUT2D eigenvalue weighted by atomic mass is 16.5. The summed E-state index contributed by atoms with van der Waals surface area (Å²) in [6, 6.07) is 16.1. The van der Waals surface area contributed by atoms with Gasteiger partial charge in [0, 0.05) is 63.7 Å². The molecule has 2 saturated heterocycles. The summed E-state index contributed by atoms with van der Waals surface area (Å²) in [6.45, 7) is 7.19. The van der Waals surface area contributed by atoms with Crippen LogP contribution < -0.4 is 9.64 Å². The first kappa shape index (κ1) is 21.4. The monoisotopic (exact) mass is 421 g/mol. The number of rotatable bonds is 6. The van der Waals surface area contributed by atoms with Crippen molar-refractivity contribution in [2.75, 3.05) is 51.3 Å². The van der Waals surface area contributed by atoms with Crippen molar-refractivity contribution < 1.29 is 14.3 Å². The second-order valence-corrected chi connectivity index (χ2v) is 8.43. The van der Waals surface area contributed by atoms with Gasteiger partial charge in [0.25, 0.3) is 0 Å². The maximum absolute atomic E-state index is 12.7. The number of aryl methyl sites for hydroxylation is 1. The summed E-state index contributed by atoms with van der Waals surface area (Å²) >= 11 is 0. The average Bonchev–Trinajstić information content (AvgIpc) is 2.79. The van der Waals surface area contributed by atoms with E-state index in [-0.39, 0.29) is 17.7 Å². The van der Waals surface area contributed by atoms with Crippen LogP contribution in [0.25, 0.3) is 0 Å². The third kappa shape index (κ3) is 4.90. The standard InChI is InChI=1S/C25H31N3O3/c1-19-5-3-4-6-23(19)27-14-11-26(12-15-27)13-16-28-24(29)17-21(18-25(28)30)20-7-9-22(31-2)10-8-20/h3-10,21H,11-18H2,1-2H3. The number of hydrogen-bond acceptors (Lipinski definition) is 5. The van der Waals surface area contributed by atoms with E-state index in [2.05, 4.69) is 41.0 Å². The topological polar surface area (TPSA) is 53.1 Å². The minimum absolute atomic E-state index is 0.0418. The number of carbonyl (C=O) groups excluding carboxylic acids is 2. The normalized spacial score (nSPS) is 18.5. The van der Waals surface area contributed by atoms with E-state index in [0.717, 1.165) is 44.0 Å². The lowest BCUT2D eigenvalue weighted by Crippen LogP contribution is -2.51. The largest absolute Gasteiger partial charge is 0.497 e. The summed E-state index contributed by atoms with van der Waals surface area (Å²) in [5, 5.41) is 0. The molecule has 2 aliphatic rings. The Morgan fingerprint density at radius 1 is 0.871 bits per heavy atom. The van der Waals surface area contributed by atoms with E-state index in [1.165, 1.54) is 16.2 Å². The van der Waals surface area contributed by atoms with Crippen molar-refractivity contribution >= 4 is 17.5 Å². The number of para-hydroxylation sites is 1. The molecule has 164 valence electrons. The van der Waals surface area contributed by atoms with Gasteiger partial charge in [0.1, 0.15) is 5.75 Å². The number of nitrogens with zero attached hydrogens (tertiary/aromatic N) is 3. The third-order valence-electron chi connectivity index (χ3n) is 6.50. The Kier molecular flexibility index (Phi) is 6.56. The van der Waals surface area contributed by atoms with Crippen LogP contribution in [0.4, 0.5) is 5.69 Å². The molecule has 0 N–H and O–H groups in total. The molecular weight excluding hydrogens is 390 g/mol. The van der Waals surface area contributed by atoms with Crippen LogP contribution in [-0.4, -0.2) is 68.0 Å². The number of piperidine rings is 1. The maximum atomic E-state index is 12.7. The first-order valence-corrected chi connectivity index (χ1v) is 11.0. The fourth-order valence-corrected chi connectivity index (χ4v) is 4.59. The lowest BCUT2D eigenvalue weighted by molar-refractivity contribution is -0.148. The SMILES string of the molecule is COc1ccc(C2CC(=O)N(CCN3CCN(c4ccccc4C)CC3)C(=O)C2)cc1. The van der Waals surface area contributed by atoms with Crippen molar-refractivity contribution in [3.63, 3.8) is 0 Å². The molecule has 2 aromatic carbocycles. The molecule has 2 fully saturated rings. The lowest BCUT2D eigenvalue weighted by atomic mass is 9.88. The Morgan fingerprint density at radius 3 is 2.13 bits per heavy atom. The van der Waals surface area contributed by atoms with Gasteiger partial charge in [-0.05, 0) is 36.2 Å². The van der Waals surface area contributed by atoms with E-state index in [1.54, 1.807) is 7.11 Å². The fourth-order valence-electron chi connectivity index (χ4n) is 4.59. The van der Waals surface area contributed by atoms with E-state index in [1.807, 2.05) is 24.3 Å². The molecule has 31 heavy (non-hydrogen) atoms. The lowest BCUT2D eigenvalue weighted by Gasteiger charge is -2.38. The van der Waals surface area contributed by atoms with Crippen molar-refractivity contribution in [3.8, 4) is 5.75 Å². The molecule has 0 unspecified atom stereocenters. The molecule has 0 radical (unpaired) electrons. The molecular formula is C25H31N3O3. The van der Waals surface area contributed by atoms with Crippen molar-refractivity contribution in [2.24, 2.45) is 0 Å². The fraction of sp³-hybridized carbons (Fsp3) is 0.440. The van der Waals surface area contributed by atoms with Gasteiger partial charge >= 0.3 is 0 Å². The number of anilines is 1. The van der Waals surface area contributed by atoms with E-state index >= 15 is 0 Å². The van der Waals surface area contributed by atoms with E-state index in [0.29, 0.717) is 19.4 Å². The van der Waals surface area contributed by atoms with E-state index in [9.17, 15) is 9.59 Å². The number of hydrogen-bond donors (Lipinski definition) is 0. The number of likely N-dealkylation sites (tertiary alicyclic amines) is 1. The number of benzene rings is 2. The summed E-state index contributed by atoms with van der Waals surface area (Å²) in [4.78, 5) is 31.7. The van der Waals surface area contributed by atoms with Gasteiger partial charge in [0.15, 0.2) is 0 Å². The zero-order valence-corrected chi connectivity index (χ0v) is 18.4. The van der Waals surface area contributed by atoms with Crippen LogP contribution in [0.15, 0.2) is 48.5 Å². The Balaban J connectivity index is 1.27. The Hall–Kier alpha value is -2.86. The molecule has 2 amide bonds. The average molecular weight is 422 g/mol. The summed E-state index contributed by atoms with van der Waals surface area (Å²) in [7, 11) is 1.63. The molecule has 6 nitrogen and oxygen atoms in total. The quantitative estimate of drug-likeness (QED) is 0.671. The van der Waals surface area contributed by atoms with Crippen molar-refractivity contribution in [3.05, 3.63) is 59.7 Å². The number of ether oxygens (including phenoxy) is 1. The van der Waals surface area contributed by atoms with Crippen LogP contribution in [0.3, 0.4) is 0 Å². The minimum Gasteiger partial charge on any atom is -0.497 e. The number of piperazine rings is 1. The van der Waals surface area contributed by atoms with Crippen molar-refractivity contribution in [1.82, 2.24) is 9.80 Å². The van der Waals surface area contributed by atoms with Crippen LogP contribution in [0.1, 0.15) is 29.9 Å². The minimum atomic E-state index is -0.0596. The van der Waals surface area contributed by atoms with Gasteiger partial charge in [0.05, 0.1) is 7.11 Å². The van der Waals surface area contributed by atoms with Crippen LogP contribution in [0, 0.1) is 6.92 Å². The number of carbonyl (C=O) groups is 2. The predicted octanol–water partition coefficient (Wildman–Crippen LogP) is 3.06. The van der Waals surface area contributed by atoms with Gasteiger partial charge in [0.2, 0.25) is 11.8 Å². The number of methoxy groups -OCH3 is 1. The Morgan fingerprint density at radius 2 is 1.52 bits per heavy atom. The molecule has 2 aliphatic heterocycles. The van der Waals surface area contributed by atoms with Crippen molar-refractivity contribution in [1.29, 1.82) is 0 Å². The highest BCUT2D eigenvalue weighted by Crippen LogP contribution is 2.30. The molecule has 2 heterocycles. The van der Waals surface area contributed by atoms with Crippen LogP contribution >= 0.6 is 0 Å². The summed E-state index contributed by atoms with van der Waals surface area (Å²) in [5.41, 5.74) is 3.62. The molecule has 0 atom stereocenters. The van der Waals surface area contributed by atoms with Crippen LogP contribution in [0.2, 0.25) is 0 Å². The third-order valence-corrected chi connectivity index (χ3v) is 6.50. The maximum Gasteiger partial charge on any atom is 0.229 e. The highest BCUT2D eigenvalue weighted by molar-refractivity contribution is 5.98. The van der Waals surface area contributed by atoms with Crippen LogP contribution in [0.5, 0.6) is 5.75 Å². The van der Waals surface area contributed by atoms with Gasteiger partial charge in [-0.3, -0.25) is 19.4 Å². The first-order valence-electron chi connectivity index (χ1n) is 11.0. The first-order chi connectivity index (χ1) is 15.0. The zero-order valence-electron chi connectivity index (χ0n) is 18.4. The predicted molar refractivity (Wildman–Crippen MR) is 122 cm³/mol. The van der Waals surface area contributed by atoms with Gasteiger partial charge < -0.3 is 9.64 Å². The summed E-state index contributed by atoms with van der Waals surface area (Å²) in [6.07, 6.45) is 0.776. The van der Waals surface area contributed by atoms with Crippen molar-refractivity contribution in [2.45, 2.75) is 25.7 Å². The van der Waals surface area contributed by atoms with Crippen LogP contribution in [-0.2, 0) is 9.59 Å². The van der Waals surface area contributed by atoms with Gasteiger partial charge in [-0.2, -0.15) is 0 Å². The van der Waals surface area contributed by atoms with Gasteiger partial charge in [-0.1, -0.05) is 30.3 Å². The smallest absolute Gasteiger partial charge is 0.229 e. The molecule has 0 saturated carbocycles. The van der Waals surface area contributed by atoms with Gasteiger partial charge in [-0.25, -0.2) is 0 Å². The Labute approximate surface area is 184 Å². The molecule has 2 aromatic rings. The molecule has 0 spiro atoms. The molecule has 6 heteroatoms. The highest BCUT2D eigenvalue weighted by Gasteiger charge is 2.33. The number of imide groups is 1. The summed E-state index contributed by atoms with van der Waals surface area (Å²) in [5.74, 6) is 0.618. The second-order valence-electron chi connectivity index (χ2n) is 8.43. The van der Waals surface area contributed by atoms with E-state index < -0.39 is 0 Å². The Bertz CT molecular complexity index is 902. The molecule has 0 bridgehead atoms. The molecule has 4 rings (SSSR count).